The lowest BCUT2D eigenvalue weighted by atomic mass is 9.93. The molecule has 17 heteroatoms. The number of halogens is 2. The zero-order chi connectivity index (χ0) is 41.1. The van der Waals surface area contributed by atoms with Gasteiger partial charge < -0.3 is 19.9 Å². The number of carbonyl (C=O) groups is 5. The highest BCUT2D eigenvalue weighted by Crippen LogP contribution is 2.53. The number of piperazine rings is 1. The van der Waals surface area contributed by atoms with Crippen LogP contribution in [0.15, 0.2) is 42.5 Å². The predicted octanol–water partition coefficient (Wildman–Crippen LogP) is 3.55. The number of carbonyl (C=O) groups excluding carboxylic acids is 5. The number of hydrogen-bond donors (Lipinski definition) is 2. The Hall–Kier alpha value is -5.66. The smallest absolute Gasteiger partial charge is 0.272 e. The third-order valence-electron chi connectivity index (χ3n) is 13.0. The Morgan fingerprint density at radius 1 is 0.949 bits per heavy atom. The van der Waals surface area contributed by atoms with Gasteiger partial charge in [0.1, 0.15) is 23.7 Å². The Morgan fingerprint density at radius 2 is 1.69 bits per heavy atom. The molecule has 2 aliphatic carbocycles. The summed E-state index contributed by atoms with van der Waals surface area (Å²) in [5.41, 5.74) is 0.984. The fourth-order valence-corrected chi connectivity index (χ4v) is 9.85. The summed E-state index contributed by atoms with van der Waals surface area (Å²) in [5, 5.41) is 23.4. The van der Waals surface area contributed by atoms with Crippen molar-refractivity contribution in [3.05, 3.63) is 75.7 Å². The number of nitrogens with one attached hydrogen (secondary N) is 2. The summed E-state index contributed by atoms with van der Waals surface area (Å²) < 4.78 is 21.6. The van der Waals surface area contributed by atoms with Crippen LogP contribution < -0.4 is 25.2 Å². The molecule has 5 atom stereocenters. The van der Waals surface area contributed by atoms with Crippen molar-refractivity contribution in [2.24, 2.45) is 17.8 Å². The average molecular weight is 824 g/mol. The van der Waals surface area contributed by atoms with Gasteiger partial charge >= 0.3 is 0 Å². The number of nitrogens with zero attached hydrogens (tertiary/aromatic N) is 7. The molecule has 2 unspecified atom stereocenters. The Morgan fingerprint density at radius 3 is 2.36 bits per heavy atom. The first kappa shape index (κ1) is 38.8. The highest BCUT2D eigenvalue weighted by molar-refractivity contribution is 6.31. The van der Waals surface area contributed by atoms with Gasteiger partial charge in [-0.15, -0.1) is 10.2 Å². The zero-order valence-electron chi connectivity index (χ0n) is 32.4. The summed E-state index contributed by atoms with van der Waals surface area (Å²) in [4.78, 5) is 71.1. The molecule has 2 saturated carbocycles. The van der Waals surface area contributed by atoms with E-state index in [4.69, 9.17) is 21.6 Å². The third-order valence-corrected chi connectivity index (χ3v) is 13.3. The summed E-state index contributed by atoms with van der Waals surface area (Å²) >= 11 is 6.14. The Labute approximate surface area is 344 Å². The summed E-state index contributed by atoms with van der Waals surface area (Å²) in [6.45, 7) is 6.80. The molecular weight excluding hydrogens is 781 g/mol. The van der Waals surface area contributed by atoms with Gasteiger partial charge in [0.2, 0.25) is 11.8 Å². The predicted molar refractivity (Wildman–Crippen MR) is 211 cm³/mol. The molecule has 1 aromatic heterocycles. The van der Waals surface area contributed by atoms with E-state index in [1.54, 1.807) is 24.3 Å². The van der Waals surface area contributed by atoms with E-state index in [9.17, 15) is 24.0 Å². The zero-order valence-corrected chi connectivity index (χ0v) is 33.2. The molecule has 5 heterocycles. The lowest BCUT2D eigenvalue weighted by Gasteiger charge is -2.40. The van der Waals surface area contributed by atoms with Crippen LogP contribution in [0.25, 0.3) is 0 Å². The molecule has 0 spiro atoms. The number of piperidine rings is 2. The molecule has 15 nitrogen and oxygen atoms in total. The number of ether oxygens (including phenoxy) is 1. The Balaban J connectivity index is 0.725. The van der Waals surface area contributed by atoms with Crippen molar-refractivity contribution in [1.29, 1.82) is 5.26 Å². The number of benzene rings is 2. The van der Waals surface area contributed by atoms with Crippen molar-refractivity contribution >= 4 is 52.6 Å². The SMILES string of the molecule is C[C@H]1CN(c2ccc(C(=O)N[C@H]3CC[C@H](Oc4ccc(C#N)c(Cl)c4)CC3)nn2)CCN1C[C@H]1C2CN(c3cc4c(cc3F)C(=O)N(C3CCC(=O)NC3=O)C4=O)C[C@@H]21. The van der Waals surface area contributed by atoms with Crippen LogP contribution in [0, 0.1) is 34.9 Å². The van der Waals surface area contributed by atoms with Crippen molar-refractivity contribution in [2.45, 2.75) is 69.7 Å². The quantitative estimate of drug-likeness (QED) is 0.300. The number of rotatable bonds is 9. The van der Waals surface area contributed by atoms with Crippen LogP contribution >= 0.6 is 11.6 Å². The second kappa shape index (κ2) is 15.5. The lowest BCUT2D eigenvalue weighted by molar-refractivity contribution is -0.136. The number of amides is 5. The topological polar surface area (TPSA) is 181 Å². The minimum absolute atomic E-state index is 0.00323. The monoisotopic (exact) mass is 823 g/mol. The van der Waals surface area contributed by atoms with Gasteiger partial charge in [-0.05, 0) is 93.2 Å². The van der Waals surface area contributed by atoms with Gasteiger partial charge in [0, 0.05) is 63.8 Å². The molecule has 0 radical (unpaired) electrons. The fourth-order valence-electron chi connectivity index (χ4n) is 9.64. The van der Waals surface area contributed by atoms with E-state index in [1.807, 2.05) is 17.0 Å². The highest BCUT2D eigenvalue weighted by atomic mass is 35.5. The van der Waals surface area contributed by atoms with E-state index in [0.717, 1.165) is 68.6 Å². The second-order valence-electron chi connectivity index (χ2n) is 16.6. The maximum Gasteiger partial charge on any atom is 0.272 e. The van der Waals surface area contributed by atoms with E-state index in [1.165, 1.54) is 6.07 Å². The van der Waals surface area contributed by atoms with E-state index in [0.29, 0.717) is 47.2 Å². The van der Waals surface area contributed by atoms with Gasteiger partial charge in [0.15, 0.2) is 11.5 Å². The van der Waals surface area contributed by atoms with Gasteiger partial charge in [0.05, 0.1) is 33.5 Å². The minimum atomic E-state index is -1.10. The molecule has 306 valence electrons. The molecule has 3 saturated heterocycles. The molecule has 2 aromatic carbocycles. The normalized spacial score (nSPS) is 27.9. The molecular formula is C42H43ClFN9O6. The number of hydrogen-bond acceptors (Lipinski definition) is 12. The molecule has 5 amide bonds. The fraction of sp³-hybridized carbons (Fsp3) is 0.476. The Bertz CT molecular complexity index is 2270. The summed E-state index contributed by atoms with van der Waals surface area (Å²) in [5.74, 6) is -0.724. The van der Waals surface area contributed by atoms with Crippen molar-refractivity contribution in [3.63, 3.8) is 0 Å². The average Bonchev–Trinajstić information content (AvgIpc) is 3.53. The standard InChI is InChI=1S/C42H43ClFN9O6/c1-22-18-51(37-10-8-34(48-49-37)39(55)46-24-3-6-25(7-4-24)59-26-5-2-23(17-45)32(43)14-26)13-12-50(22)19-29-30-20-52(21-31(29)30)36-16-28-27(15-33(36)44)41(57)53(42(28)58)35-9-11-38(54)47-40(35)56/h2,5,8,10,14-16,22,24-25,29-31,35H,3-4,6-7,9,11-13,18-21H2,1H3,(H,46,55)(H,47,54,56)/t22-,24-,25-,29-,30?,31+,35?/m0/s1. The van der Waals surface area contributed by atoms with Gasteiger partial charge in [-0.3, -0.25) is 39.1 Å². The van der Waals surface area contributed by atoms with Gasteiger partial charge in [-0.25, -0.2) is 4.39 Å². The van der Waals surface area contributed by atoms with Crippen molar-refractivity contribution in [2.75, 3.05) is 49.1 Å². The van der Waals surface area contributed by atoms with E-state index in [-0.39, 0.29) is 59.4 Å². The number of nitriles is 1. The molecule has 3 aromatic rings. The van der Waals surface area contributed by atoms with Crippen LogP contribution in [0.4, 0.5) is 15.9 Å². The van der Waals surface area contributed by atoms with Crippen LogP contribution in [-0.4, -0.2) is 113 Å². The number of fused-ring (bicyclic) bond motifs is 2. The Kier molecular flexibility index (Phi) is 10.2. The number of anilines is 2. The molecule has 59 heavy (non-hydrogen) atoms. The molecule has 6 aliphatic rings. The van der Waals surface area contributed by atoms with Crippen LogP contribution in [0.1, 0.15) is 82.2 Å². The molecule has 2 N–H and O–H groups in total. The maximum absolute atomic E-state index is 15.5. The first-order valence-electron chi connectivity index (χ1n) is 20.3. The lowest BCUT2D eigenvalue weighted by Crippen LogP contribution is -2.54. The van der Waals surface area contributed by atoms with Crippen LogP contribution in [0.3, 0.4) is 0 Å². The van der Waals surface area contributed by atoms with E-state index >= 15 is 4.39 Å². The molecule has 0 bridgehead atoms. The summed E-state index contributed by atoms with van der Waals surface area (Å²) in [6.07, 6.45) is 3.14. The minimum Gasteiger partial charge on any atom is -0.490 e. The van der Waals surface area contributed by atoms with Crippen LogP contribution in [0.5, 0.6) is 5.75 Å². The van der Waals surface area contributed by atoms with Crippen molar-refractivity contribution < 1.29 is 33.1 Å². The van der Waals surface area contributed by atoms with Crippen LogP contribution in [-0.2, 0) is 9.59 Å². The van der Waals surface area contributed by atoms with E-state index in [2.05, 4.69) is 37.6 Å². The molecule has 9 rings (SSSR count). The van der Waals surface area contributed by atoms with Gasteiger partial charge in [-0.2, -0.15) is 5.26 Å². The van der Waals surface area contributed by atoms with Crippen molar-refractivity contribution in [3.8, 4) is 11.8 Å². The van der Waals surface area contributed by atoms with Crippen LogP contribution in [0.2, 0.25) is 5.02 Å². The summed E-state index contributed by atoms with van der Waals surface area (Å²) in [7, 11) is 0. The largest absolute Gasteiger partial charge is 0.490 e. The molecule has 5 fully saturated rings. The first-order chi connectivity index (χ1) is 28.4. The summed E-state index contributed by atoms with van der Waals surface area (Å²) in [6, 6.07) is 12.4. The van der Waals surface area contributed by atoms with Gasteiger partial charge in [-0.1, -0.05) is 11.6 Å². The number of aromatic nitrogens is 2. The molecule has 4 aliphatic heterocycles. The highest BCUT2D eigenvalue weighted by Gasteiger charge is 2.57. The third kappa shape index (κ3) is 7.46. The van der Waals surface area contributed by atoms with E-state index < -0.39 is 35.5 Å². The van der Waals surface area contributed by atoms with Crippen molar-refractivity contribution in [1.82, 2.24) is 30.6 Å². The second-order valence-corrected chi connectivity index (χ2v) is 17.0. The first-order valence-corrected chi connectivity index (χ1v) is 20.6. The van der Waals surface area contributed by atoms with Gasteiger partial charge in [0.25, 0.3) is 17.7 Å². The number of imide groups is 2. The maximum atomic E-state index is 15.5.